The molecule has 0 aliphatic rings. The van der Waals surface area contributed by atoms with Gasteiger partial charge in [0.15, 0.2) is 0 Å². The smallest absolute Gasteiger partial charge is 0.0481 e. The standard InChI is InChI=1S/C17H17ClN2/c1-13-3-2-4-16(11-13)19-8-10-20-9-7-14-12-15(18)5-6-17(14)20/h2-7,9,11-12,19H,8,10H2,1H3. The van der Waals surface area contributed by atoms with Crippen LogP contribution in [-0.2, 0) is 6.54 Å². The summed E-state index contributed by atoms with van der Waals surface area (Å²) < 4.78 is 2.24. The zero-order valence-corrected chi connectivity index (χ0v) is 12.2. The SMILES string of the molecule is Cc1cccc(NCCn2ccc3cc(Cl)ccc32)c1. The van der Waals surface area contributed by atoms with E-state index in [4.69, 9.17) is 11.6 Å². The first kappa shape index (κ1) is 13.1. The van der Waals surface area contributed by atoms with Gasteiger partial charge >= 0.3 is 0 Å². The molecule has 0 aliphatic heterocycles. The molecule has 3 heteroatoms. The highest BCUT2D eigenvalue weighted by molar-refractivity contribution is 6.31. The average Bonchev–Trinajstić information content (AvgIpc) is 2.81. The summed E-state index contributed by atoms with van der Waals surface area (Å²) in [6, 6.07) is 16.6. The predicted octanol–water partition coefficient (Wildman–Crippen LogP) is 4.72. The molecule has 0 aliphatic carbocycles. The van der Waals surface area contributed by atoms with E-state index in [1.54, 1.807) is 0 Å². The molecule has 0 bridgehead atoms. The lowest BCUT2D eigenvalue weighted by atomic mass is 10.2. The van der Waals surface area contributed by atoms with Gasteiger partial charge in [0.25, 0.3) is 0 Å². The molecule has 0 unspecified atom stereocenters. The highest BCUT2D eigenvalue weighted by Gasteiger charge is 2.01. The van der Waals surface area contributed by atoms with Gasteiger partial charge in [0.1, 0.15) is 0 Å². The molecule has 0 atom stereocenters. The Morgan fingerprint density at radius 3 is 2.85 bits per heavy atom. The number of aromatic nitrogens is 1. The lowest BCUT2D eigenvalue weighted by Gasteiger charge is -2.09. The molecule has 1 N–H and O–H groups in total. The third-order valence-electron chi connectivity index (χ3n) is 3.43. The number of nitrogens with one attached hydrogen (secondary N) is 1. The van der Waals surface area contributed by atoms with Crippen molar-refractivity contribution in [3.8, 4) is 0 Å². The first-order chi connectivity index (χ1) is 9.72. The number of aryl methyl sites for hydroxylation is 1. The van der Waals surface area contributed by atoms with E-state index in [1.165, 1.54) is 22.2 Å². The summed E-state index contributed by atoms with van der Waals surface area (Å²) in [7, 11) is 0. The van der Waals surface area contributed by atoms with E-state index in [2.05, 4.69) is 59.4 Å². The van der Waals surface area contributed by atoms with Crippen LogP contribution in [0.1, 0.15) is 5.56 Å². The van der Waals surface area contributed by atoms with Crippen LogP contribution in [0.15, 0.2) is 54.7 Å². The Morgan fingerprint density at radius 2 is 2.00 bits per heavy atom. The van der Waals surface area contributed by atoms with Crippen LogP contribution in [0.2, 0.25) is 5.02 Å². The van der Waals surface area contributed by atoms with Crippen molar-refractivity contribution >= 4 is 28.2 Å². The maximum Gasteiger partial charge on any atom is 0.0481 e. The third-order valence-corrected chi connectivity index (χ3v) is 3.67. The molecule has 102 valence electrons. The molecule has 1 heterocycles. The highest BCUT2D eigenvalue weighted by atomic mass is 35.5. The van der Waals surface area contributed by atoms with E-state index in [0.29, 0.717) is 0 Å². The molecule has 0 saturated carbocycles. The van der Waals surface area contributed by atoms with Gasteiger partial charge in [-0.05, 0) is 48.9 Å². The molecule has 0 amide bonds. The highest BCUT2D eigenvalue weighted by Crippen LogP contribution is 2.20. The molecular formula is C17H17ClN2. The summed E-state index contributed by atoms with van der Waals surface area (Å²) >= 11 is 6.01. The minimum absolute atomic E-state index is 0.785. The Balaban J connectivity index is 1.68. The van der Waals surface area contributed by atoms with E-state index < -0.39 is 0 Å². The summed E-state index contributed by atoms with van der Waals surface area (Å²) in [5.74, 6) is 0. The maximum absolute atomic E-state index is 6.01. The summed E-state index contributed by atoms with van der Waals surface area (Å²) in [5, 5.41) is 5.43. The van der Waals surface area contributed by atoms with Gasteiger partial charge < -0.3 is 9.88 Å². The van der Waals surface area contributed by atoms with Crippen LogP contribution in [0, 0.1) is 6.92 Å². The number of halogens is 1. The molecule has 0 spiro atoms. The molecule has 20 heavy (non-hydrogen) atoms. The topological polar surface area (TPSA) is 17.0 Å². The van der Waals surface area contributed by atoms with Gasteiger partial charge in [-0.3, -0.25) is 0 Å². The molecule has 0 radical (unpaired) electrons. The first-order valence-corrected chi connectivity index (χ1v) is 7.15. The maximum atomic E-state index is 6.01. The second-order valence-electron chi connectivity index (χ2n) is 5.01. The van der Waals surface area contributed by atoms with Gasteiger partial charge in [-0.25, -0.2) is 0 Å². The molecular weight excluding hydrogens is 268 g/mol. The van der Waals surface area contributed by atoms with E-state index in [1.807, 2.05) is 12.1 Å². The average molecular weight is 285 g/mol. The van der Waals surface area contributed by atoms with Crippen LogP contribution in [0.5, 0.6) is 0 Å². The first-order valence-electron chi connectivity index (χ1n) is 6.77. The zero-order valence-electron chi connectivity index (χ0n) is 11.4. The second-order valence-corrected chi connectivity index (χ2v) is 5.44. The van der Waals surface area contributed by atoms with Crippen molar-refractivity contribution in [2.75, 3.05) is 11.9 Å². The molecule has 3 rings (SSSR count). The fourth-order valence-electron chi connectivity index (χ4n) is 2.44. The Bertz CT molecular complexity index is 731. The van der Waals surface area contributed by atoms with E-state index in [-0.39, 0.29) is 0 Å². The monoisotopic (exact) mass is 284 g/mol. The van der Waals surface area contributed by atoms with Crippen LogP contribution in [-0.4, -0.2) is 11.1 Å². The van der Waals surface area contributed by atoms with Crippen molar-refractivity contribution in [3.63, 3.8) is 0 Å². The number of nitrogens with zero attached hydrogens (tertiary/aromatic N) is 1. The summed E-state index contributed by atoms with van der Waals surface area (Å²) in [4.78, 5) is 0. The lowest BCUT2D eigenvalue weighted by molar-refractivity contribution is 0.757. The van der Waals surface area contributed by atoms with E-state index >= 15 is 0 Å². The minimum Gasteiger partial charge on any atom is -0.383 e. The third kappa shape index (κ3) is 2.81. The molecule has 3 aromatic rings. The minimum atomic E-state index is 0.785. The summed E-state index contributed by atoms with van der Waals surface area (Å²) in [5.41, 5.74) is 3.67. The van der Waals surface area contributed by atoms with Gasteiger partial charge in [-0.1, -0.05) is 23.7 Å². The van der Waals surface area contributed by atoms with Crippen LogP contribution in [0.3, 0.4) is 0 Å². The van der Waals surface area contributed by atoms with Gasteiger partial charge in [0.2, 0.25) is 0 Å². The van der Waals surface area contributed by atoms with Gasteiger partial charge in [0, 0.05) is 40.9 Å². The van der Waals surface area contributed by atoms with E-state index in [9.17, 15) is 0 Å². The van der Waals surface area contributed by atoms with Gasteiger partial charge in [0.05, 0.1) is 0 Å². The van der Waals surface area contributed by atoms with Crippen molar-refractivity contribution < 1.29 is 0 Å². The Kier molecular flexibility index (Phi) is 3.66. The number of benzene rings is 2. The van der Waals surface area contributed by atoms with Crippen molar-refractivity contribution in [1.82, 2.24) is 4.57 Å². The van der Waals surface area contributed by atoms with Gasteiger partial charge in [-0.2, -0.15) is 0 Å². The number of fused-ring (bicyclic) bond motifs is 1. The lowest BCUT2D eigenvalue weighted by Crippen LogP contribution is -2.09. The number of hydrogen-bond donors (Lipinski definition) is 1. The van der Waals surface area contributed by atoms with Crippen LogP contribution in [0.25, 0.3) is 10.9 Å². The molecule has 0 fully saturated rings. The summed E-state index contributed by atoms with van der Waals surface area (Å²) in [6.07, 6.45) is 2.11. The Labute approximate surface area is 124 Å². The molecule has 2 nitrogen and oxygen atoms in total. The molecule has 1 aromatic heterocycles. The van der Waals surface area contributed by atoms with Crippen molar-refractivity contribution in [2.24, 2.45) is 0 Å². The van der Waals surface area contributed by atoms with Crippen LogP contribution >= 0.6 is 11.6 Å². The van der Waals surface area contributed by atoms with Crippen molar-refractivity contribution in [1.29, 1.82) is 0 Å². The number of anilines is 1. The molecule has 2 aromatic carbocycles. The second kappa shape index (κ2) is 5.59. The van der Waals surface area contributed by atoms with Gasteiger partial charge in [-0.15, -0.1) is 0 Å². The summed E-state index contributed by atoms with van der Waals surface area (Å²) in [6.45, 7) is 3.93. The Morgan fingerprint density at radius 1 is 1.10 bits per heavy atom. The van der Waals surface area contributed by atoms with E-state index in [0.717, 1.165) is 18.1 Å². The van der Waals surface area contributed by atoms with Crippen LogP contribution < -0.4 is 5.32 Å². The normalized spacial score (nSPS) is 10.9. The predicted molar refractivity (Wildman–Crippen MR) is 86.6 cm³/mol. The van der Waals surface area contributed by atoms with Crippen LogP contribution in [0.4, 0.5) is 5.69 Å². The van der Waals surface area contributed by atoms with Crippen molar-refractivity contribution in [2.45, 2.75) is 13.5 Å². The Hall–Kier alpha value is -1.93. The zero-order chi connectivity index (χ0) is 13.9. The largest absolute Gasteiger partial charge is 0.383 e. The fraction of sp³-hybridized carbons (Fsp3) is 0.176. The number of hydrogen-bond acceptors (Lipinski definition) is 1. The number of rotatable bonds is 4. The molecule has 0 saturated heterocycles. The fourth-order valence-corrected chi connectivity index (χ4v) is 2.62. The van der Waals surface area contributed by atoms with Crippen molar-refractivity contribution in [3.05, 3.63) is 65.3 Å². The quantitative estimate of drug-likeness (QED) is 0.734.